The Hall–Kier alpha value is -1.45. The highest BCUT2D eigenvalue weighted by atomic mass is 16.7. The van der Waals surface area contributed by atoms with Crippen LogP contribution in [0.25, 0.3) is 0 Å². The molecule has 0 aliphatic heterocycles. The quantitative estimate of drug-likeness (QED) is 0.109. The van der Waals surface area contributed by atoms with Crippen LogP contribution in [0.1, 0.15) is 118 Å². The lowest BCUT2D eigenvalue weighted by molar-refractivity contribution is -0.0617. The minimum absolute atomic E-state index is 0.0427. The van der Waals surface area contributed by atoms with Crippen LogP contribution in [-0.4, -0.2) is 25.5 Å². The minimum atomic E-state index is -0.509. The SMILES string of the molecule is C=COCCCCOC(=O)OC1CC[C@@]2(C)C(=CC[C@H]3[C@@H]4CC[C@H]([C@H](C)CCCC(C)C)[C@@]4(C)CC[C@@H]32)C1. The lowest BCUT2D eigenvalue weighted by Gasteiger charge is -2.58. The van der Waals surface area contributed by atoms with Crippen molar-refractivity contribution in [3.8, 4) is 0 Å². The van der Waals surface area contributed by atoms with Crippen LogP contribution in [-0.2, 0) is 14.2 Å². The first kappa shape index (κ1) is 29.5. The summed E-state index contributed by atoms with van der Waals surface area (Å²) in [7, 11) is 0. The highest BCUT2D eigenvalue weighted by Crippen LogP contribution is 2.67. The zero-order chi connectivity index (χ0) is 27.3. The molecule has 0 aromatic heterocycles. The maximum atomic E-state index is 12.3. The number of carbonyl (C=O) groups excluding carboxylic acids is 1. The summed E-state index contributed by atoms with van der Waals surface area (Å²) < 4.78 is 16.2. The Morgan fingerprint density at radius 3 is 2.58 bits per heavy atom. The fourth-order valence-electron chi connectivity index (χ4n) is 9.45. The molecule has 38 heavy (non-hydrogen) atoms. The number of carbonyl (C=O) groups is 1. The van der Waals surface area contributed by atoms with Crippen molar-refractivity contribution in [2.45, 2.75) is 124 Å². The van der Waals surface area contributed by atoms with Gasteiger partial charge in [0, 0.05) is 6.42 Å². The third kappa shape index (κ3) is 6.30. The van der Waals surface area contributed by atoms with Crippen molar-refractivity contribution >= 4 is 6.16 Å². The molecule has 4 nitrogen and oxygen atoms in total. The maximum absolute atomic E-state index is 12.3. The molecule has 8 atom stereocenters. The molecule has 216 valence electrons. The van der Waals surface area contributed by atoms with E-state index in [2.05, 4.69) is 47.3 Å². The summed E-state index contributed by atoms with van der Waals surface area (Å²) in [4.78, 5) is 12.3. The number of hydrogen-bond donors (Lipinski definition) is 0. The largest absolute Gasteiger partial charge is 0.508 e. The van der Waals surface area contributed by atoms with Crippen LogP contribution in [0.15, 0.2) is 24.5 Å². The van der Waals surface area contributed by atoms with Crippen LogP contribution in [0, 0.1) is 46.3 Å². The number of unbranched alkanes of at least 4 members (excludes halogenated alkanes) is 1. The van der Waals surface area contributed by atoms with Gasteiger partial charge in [0.15, 0.2) is 0 Å². The first-order valence-electron chi connectivity index (χ1n) is 15.9. The Bertz CT molecular complexity index is 832. The normalized spacial score (nSPS) is 36.9. The third-order valence-corrected chi connectivity index (χ3v) is 11.5. The standard InChI is InChI=1S/C34H56O4/c1-7-36-21-8-9-22-37-32(35)38-27-17-19-33(5)26(23-27)13-14-28-30-16-15-29(25(4)12-10-11-24(2)3)34(30,6)20-18-31(28)33/h7,13,24-25,27-31H,1,8-12,14-23H2,2-6H3/t25-,27?,28+,29-,30+,31+,33+,34-/m1/s1. The average Bonchev–Trinajstić information content (AvgIpc) is 3.23. The van der Waals surface area contributed by atoms with Crippen LogP contribution in [0.5, 0.6) is 0 Å². The van der Waals surface area contributed by atoms with E-state index in [1.807, 2.05) is 0 Å². The highest BCUT2D eigenvalue weighted by molar-refractivity contribution is 5.60. The number of fused-ring (bicyclic) bond motifs is 5. The smallest absolute Gasteiger partial charge is 0.502 e. The van der Waals surface area contributed by atoms with Crippen LogP contribution in [0.4, 0.5) is 4.79 Å². The first-order chi connectivity index (χ1) is 18.2. The van der Waals surface area contributed by atoms with Crippen molar-refractivity contribution in [1.82, 2.24) is 0 Å². The van der Waals surface area contributed by atoms with E-state index in [9.17, 15) is 4.79 Å². The molecule has 0 bridgehead atoms. The van der Waals surface area contributed by atoms with Crippen molar-refractivity contribution in [3.05, 3.63) is 24.5 Å². The van der Waals surface area contributed by atoms with Crippen molar-refractivity contribution in [2.24, 2.45) is 46.3 Å². The van der Waals surface area contributed by atoms with Crippen LogP contribution < -0.4 is 0 Å². The van der Waals surface area contributed by atoms with Gasteiger partial charge in [-0.25, -0.2) is 4.79 Å². The molecular formula is C34H56O4. The molecular weight excluding hydrogens is 472 g/mol. The summed E-state index contributed by atoms with van der Waals surface area (Å²) in [6.45, 7) is 17.0. The van der Waals surface area contributed by atoms with Gasteiger partial charge in [0.05, 0.1) is 19.5 Å². The predicted molar refractivity (Wildman–Crippen MR) is 155 cm³/mol. The Morgan fingerprint density at radius 1 is 1.03 bits per heavy atom. The summed E-state index contributed by atoms with van der Waals surface area (Å²) >= 11 is 0. The van der Waals surface area contributed by atoms with E-state index in [4.69, 9.17) is 14.2 Å². The highest BCUT2D eigenvalue weighted by Gasteiger charge is 2.59. The summed E-state index contributed by atoms with van der Waals surface area (Å²) in [5.74, 6) is 5.10. The molecule has 0 spiro atoms. The molecule has 0 heterocycles. The van der Waals surface area contributed by atoms with Crippen molar-refractivity contribution in [3.63, 3.8) is 0 Å². The van der Waals surface area contributed by atoms with Crippen molar-refractivity contribution in [2.75, 3.05) is 13.2 Å². The second-order valence-electron chi connectivity index (χ2n) is 14.1. The second-order valence-corrected chi connectivity index (χ2v) is 14.1. The molecule has 4 heteroatoms. The molecule has 3 saturated carbocycles. The molecule has 4 aliphatic carbocycles. The predicted octanol–water partition coefficient (Wildman–Crippen LogP) is 9.49. The molecule has 1 unspecified atom stereocenters. The van der Waals surface area contributed by atoms with Crippen LogP contribution in [0.3, 0.4) is 0 Å². The van der Waals surface area contributed by atoms with E-state index < -0.39 is 6.16 Å². The van der Waals surface area contributed by atoms with Gasteiger partial charge in [0.1, 0.15) is 6.10 Å². The zero-order valence-electron chi connectivity index (χ0n) is 25.1. The third-order valence-electron chi connectivity index (χ3n) is 11.5. The van der Waals surface area contributed by atoms with Gasteiger partial charge in [-0.3, -0.25) is 0 Å². The number of rotatable bonds is 12. The zero-order valence-corrected chi connectivity index (χ0v) is 25.1. The summed E-state index contributed by atoms with van der Waals surface area (Å²) in [5, 5.41) is 0. The van der Waals surface area contributed by atoms with E-state index >= 15 is 0 Å². The lowest BCUT2D eigenvalue weighted by atomic mass is 9.47. The molecule has 4 aliphatic rings. The molecule has 0 aromatic carbocycles. The Labute approximate surface area is 233 Å². The Kier molecular flexibility index (Phi) is 9.96. The summed E-state index contributed by atoms with van der Waals surface area (Å²) in [6, 6.07) is 0. The van der Waals surface area contributed by atoms with E-state index in [0.29, 0.717) is 18.6 Å². The molecule has 0 amide bonds. The number of allylic oxidation sites excluding steroid dienone is 1. The first-order valence-corrected chi connectivity index (χ1v) is 15.9. The van der Waals surface area contributed by atoms with Crippen molar-refractivity contribution in [1.29, 1.82) is 0 Å². The monoisotopic (exact) mass is 528 g/mol. The van der Waals surface area contributed by atoms with Gasteiger partial charge in [0.25, 0.3) is 0 Å². The number of ether oxygens (including phenoxy) is 3. The second kappa shape index (κ2) is 12.8. The Balaban J connectivity index is 1.32. The van der Waals surface area contributed by atoms with E-state index in [1.165, 1.54) is 57.6 Å². The average molecular weight is 529 g/mol. The van der Waals surface area contributed by atoms with Gasteiger partial charge < -0.3 is 14.2 Å². The van der Waals surface area contributed by atoms with Gasteiger partial charge in [-0.2, -0.15) is 0 Å². The molecule has 3 fully saturated rings. The van der Waals surface area contributed by atoms with E-state index in [0.717, 1.165) is 67.6 Å². The Morgan fingerprint density at radius 2 is 1.82 bits per heavy atom. The molecule has 0 aromatic rings. The summed E-state index contributed by atoms with van der Waals surface area (Å²) in [6.07, 6.45) is 19.1. The fourth-order valence-corrected chi connectivity index (χ4v) is 9.45. The summed E-state index contributed by atoms with van der Waals surface area (Å²) in [5.41, 5.74) is 2.37. The molecule has 4 rings (SSSR count). The fraction of sp³-hybridized carbons (Fsp3) is 0.853. The van der Waals surface area contributed by atoms with E-state index in [1.54, 1.807) is 5.57 Å². The lowest BCUT2D eigenvalue weighted by Crippen LogP contribution is -2.51. The maximum Gasteiger partial charge on any atom is 0.508 e. The van der Waals surface area contributed by atoms with Gasteiger partial charge in [-0.05, 0) is 104 Å². The van der Waals surface area contributed by atoms with Gasteiger partial charge in [-0.15, -0.1) is 0 Å². The van der Waals surface area contributed by atoms with Gasteiger partial charge in [-0.1, -0.05) is 72.1 Å². The number of hydrogen-bond acceptors (Lipinski definition) is 4. The van der Waals surface area contributed by atoms with Crippen molar-refractivity contribution < 1.29 is 19.0 Å². The van der Waals surface area contributed by atoms with Crippen LogP contribution >= 0.6 is 0 Å². The van der Waals surface area contributed by atoms with Gasteiger partial charge in [0.2, 0.25) is 0 Å². The topological polar surface area (TPSA) is 44.8 Å². The van der Waals surface area contributed by atoms with Crippen LogP contribution in [0.2, 0.25) is 0 Å². The van der Waals surface area contributed by atoms with Gasteiger partial charge >= 0.3 is 6.16 Å². The molecule has 0 N–H and O–H groups in total. The molecule has 0 saturated heterocycles. The molecule has 0 radical (unpaired) electrons. The van der Waals surface area contributed by atoms with E-state index in [-0.39, 0.29) is 11.5 Å². The minimum Gasteiger partial charge on any atom is -0.502 e.